The lowest BCUT2D eigenvalue weighted by molar-refractivity contribution is 0.103. The fraction of sp³-hybridized carbons (Fsp3) is 0.222. The maximum atomic E-state index is 12.4. The summed E-state index contributed by atoms with van der Waals surface area (Å²) in [4.78, 5) is 14.2. The monoisotopic (exact) mass is 325 g/mol. The van der Waals surface area contributed by atoms with Gasteiger partial charge in [-0.25, -0.2) is 4.68 Å². The van der Waals surface area contributed by atoms with Crippen molar-refractivity contribution in [1.82, 2.24) is 9.78 Å². The average Bonchev–Trinajstić information content (AvgIpc) is 3.04. The van der Waals surface area contributed by atoms with E-state index >= 15 is 0 Å². The van der Waals surface area contributed by atoms with Crippen LogP contribution >= 0.6 is 11.3 Å². The highest BCUT2D eigenvalue weighted by Gasteiger charge is 2.14. The number of aromatic nitrogens is 2. The van der Waals surface area contributed by atoms with Crippen LogP contribution in [0, 0.1) is 27.7 Å². The minimum atomic E-state index is -0.103. The Balaban J connectivity index is 1.96. The van der Waals surface area contributed by atoms with Gasteiger partial charge in [0.05, 0.1) is 16.3 Å². The van der Waals surface area contributed by atoms with Crippen LogP contribution in [0.4, 0.5) is 5.82 Å². The summed E-state index contributed by atoms with van der Waals surface area (Å²) >= 11 is 1.49. The van der Waals surface area contributed by atoms with E-state index in [-0.39, 0.29) is 5.91 Å². The smallest absolute Gasteiger partial charge is 0.266 e. The molecule has 0 spiro atoms. The summed E-state index contributed by atoms with van der Waals surface area (Å²) in [6, 6.07) is 11.9. The Labute approximate surface area is 139 Å². The second-order valence-electron chi connectivity index (χ2n) is 5.79. The van der Waals surface area contributed by atoms with Gasteiger partial charge in [-0.1, -0.05) is 6.07 Å². The molecular weight excluding hydrogens is 306 g/mol. The third-order valence-corrected chi connectivity index (χ3v) is 4.49. The first-order valence-electron chi connectivity index (χ1n) is 7.45. The van der Waals surface area contributed by atoms with E-state index in [0.717, 1.165) is 16.3 Å². The standard InChI is InChI=1S/C18H19N3OS/c1-11-7-12(2)9-15(8-11)21-17(10-13(3)20-21)19-18(22)16-6-5-14(4)23-16/h5-10H,1-4H3,(H,19,22). The zero-order valence-electron chi connectivity index (χ0n) is 13.7. The molecule has 0 bridgehead atoms. The summed E-state index contributed by atoms with van der Waals surface area (Å²) in [6.07, 6.45) is 0. The molecule has 118 valence electrons. The zero-order chi connectivity index (χ0) is 16.6. The number of rotatable bonds is 3. The van der Waals surface area contributed by atoms with Crippen LogP contribution in [0.1, 0.15) is 31.4 Å². The number of hydrogen-bond acceptors (Lipinski definition) is 3. The number of carbonyl (C=O) groups is 1. The van der Waals surface area contributed by atoms with Crippen LogP contribution in [-0.2, 0) is 0 Å². The molecule has 2 aromatic heterocycles. The van der Waals surface area contributed by atoms with Gasteiger partial charge in [0, 0.05) is 10.9 Å². The Morgan fingerprint density at radius 3 is 2.35 bits per heavy atom. The van der Waals surface area contributed by atoms with Crippen molar-refractivity contribution in [3.8, 4) is 5.69 Å². The number of hydrogen-bond donors (Lipinski definition) is 1. The van der Waals surface area contributed by atoms with E-state index in [1.807, 2.05) is 32.0 Å². The lowest BCUT2D eigenvalue weighted by Gasteiger charge is -2.10. The van der Waals surface area contributed by atoms with Gasteiger partial charge < -0.3 is 5.32 Å². The van der Waals surface area contributed by atoms with Gasteiger partial charge in [-0.05, 0) is 63.1 Å². The molecule has 2 heterocycles. The van der Waals surface area contributed by atoms with Gasteiger partial charge >= 0.3 is 0 Å². The maximum Gasteiger partial charge on any atom is 0.266 e. The molecule has 0 saturated carbocycles. The number of nitrogens with zero attached hydrogens (tertiary/aromatic N) is 2. The van der Waals surface area contributed by atoms with Crippen LogP contribution in [0.3, 0.4) is 0 Å². The predicted octanol–water partition coefficient (Wildman–Crippen LogP) is 4.42. The van der Waals surface area contributed by atoms with Crippen molar-refractivity contribution >= 4 is 23.1 Å². The van der Waals surface area contributed by atoms with E-state index in [2.05, 4.69) is 42.5 Å². The van der Waals surface area contributed by atoms with Crippen LogP contribution in [0.25, 0.3) is 5.69 Å². The van der Waals surface area contributed by atoms with Crippen molar-refractivity contribution in [2.24, 2.45) is 0 Å². The fourth-order valence-electron chi connectivity index (χ4n) is 2.59. The molecule has 0 fully saturated rings. The first-order chi connectivity index (χ1) is 10.9. The Kier molecular flexibility index (Phi) is 4.05. The molecular formula is C18H19N3OS. The normalized spacial score (nSPS) is 10.8. The summed E-state index contributed by atoms with van der Waals surface area (Å²) < 4.78 is 1.79. The van der Waals surface area contributed by atoms with E-state index < -0.39 is 0 Å². The molecule has 0 aliphatic rings. The summed E-state index contributed by atoms with van der Waals surface area (Å²) in [6.45, 7) is 8.02. The van der Waals surface area contributed by atoms with Crippen LogP contribution in [0.2, 0.25) is 0 Å². The second kappa shape index (κ2) is 6.01. The predicted molar refractivity (Wildman–Crippen MR) is 94.8 cm³/mol. The van der Waals surface area contributed by atoms with Gasteiger partial charge in [0.25, 0.3) is 5.91 Å². The quantitative estimate of drug-likeness (QED) is 0.775. The largest absolute Gasteiger partial charge is 0.306 e. The first kappa shape index (κ1) is 15.5. The lowest BCUT2D eigenvalue weighted by Crippen LogP contribution is -2.14. The minimum Gasteiger partial charge on any atom is -0.306 e. The van der Waals surface area contributed by atoms with Crippen LogP contribution in [0.5, 0.6) is 0 Å². The molecule has 3 aromatic rings. The highest BCUT2D eigenvalue weighted by atomic mass is 32.1. The number of benzene rings is 1. The Hall–Kier alpha value is -2.40. The van der Waals surface area contributed by atoms with Gasteiger partial charge in [-0.3, -0.25) is 4.79 Å². The van der Waals surface area contributed by atoms with Gasteiger partial charge in [0.2, 0.25) is 0 Å². The van der Waals surface area contributed by atoms with Crippen molar-refractivity contribution < 1.29 is 4.79 Å². The van der Waals surface area contributed by atoms with Crippen molar-refractivity contribution in [2.45, 2.75) is 27.7 Å². The molecule has 0 atom stereocenters. The number of thiophene rings is 1. The van der Waals surface area contributed by atoms with Gasteiger partial charge in [-0.2, -0.15) is 5.10 Å². The topological polar surface area (TPSA) is 46.9 Å². The van der Waals surface area contributed by atoms with E-state index in [1.54, 1.807) is 4.68 Å². The summed E-state index contributed by atoms with van der Waals surface area (Å²) in [5.74, 6) is 0.581. The van der Waals surface area contributed by atoms with Crippen molar-refractivity contribution in [3.63, 3.8) is 0 Å². The number of carbonyl (C=O) groups excluding carboxylic acids is 1. The molecule has 4 nitrogen and oxygen atoms in total. The lowest BCUT2D eigenvalue weighted by atomic mass is 10.1. The summed E-state index contributed by atoms with van der Waals surface area (Å²) in [5.41, 5.74) is 4.15. The van der Waals surface area contributed by atoms with Gasteiger partial charge in [-0.15, -0.1) is 11.3 Å². The molecule has 0 aliphatic heterocycles. The number of nitrogens with one attached hydrogen (secondary N) is 1. The SMILES string of the molecule is Cc1cc(C)cc(-n2nc(C)cc2NC(=O)c2ccc(C)s2)c1. The fourth-order valence-corrected chi connectivity index (χ4v) is 3.36. The highest BCUT2D eigenvalue weighted by molar-refractivity contribution is 7.14. The molecule has 1 N–H and O–H groups in total. The van der Waals surface area contributed by atoms with E-state index in [4.69, 9.17) is 0 Å². The molecule has 5 heteroatoms. The third kappa shape index (κ3) is 3.35. The van der Waals surface area contributed by atoms with Crippen LogP contribution in [0.15, 0.2) is 36.4 Å². The molecule has 1 amide bonds. The Morgan fingerprint density at radius 2 is 1.74 bits per heavy atom. The molecule has 1 aromatic carbocycles. The summed E-state index contributed by atoms with van der Waals surface area (Å²) in [7, 11) is 0. The third-order valence-electron chi connectivity index (χ3n) is 3.49. The van der Waals surface area contributed by atoms with Crippen LogP contribution < -0.4 is 5.32 Å². The van der Waals surface area contributed by atoms with Crippen molar-refractivity contribution in [2.75, 3.05) is 5.32 Å². The van der Waals surface area contributed by atoms with Crippen molar-refractivity contribution in [3.05, 3.63) is 63.0 Å². The van der Waals surface area contributed by atoms with E-state index in [1.165, 1.54) is 22.5 Å². The average molecular weight is 325 g/mol. The molecule has 0 unspecified atom stereocenters. The van der Waals surface area contributed by atoms with E-state index in [0.29, 0.717) is 10.7 Å². The zero-order valence-corrected chi connectivity index (χ0v) is 14.5. The molecule has 0 radical (unpaired) electrons. The number of amides is 1. The van der Waals surface area contributed by atoms with Crippen LogP contribution in [-0.4, -0.2) is 15.7 Å². The van der Waals surface area contributed by atoms with Gasteiger partial charge in [0.15, 0.2) is 0 Å². The Morgan fingerprint density at radius 1 is 1.04 bits per heavy atom. The summed E-state index contributed by atoms with van der Waals surface area (Å²) in [5, 5.41) is 7.49. The molecule has 3 rings (SSSR count). The number of anilines is 1. The van der Waals surface area contributed by atoms with E-state index in [9.17, 15) is 4.79 Å². The maximum absolute atomic E-state index is 12.4. The minimum absolute atomic E-state index is 0.103. The first-order valence-corrected chi connectivity index (χ1v) is 8.27. The molecule has 0 saturated heterocycles. The second-order valence-corrected chi connectivity index (χ2v) is 7.08. The number of aryl methyl sites for hydroxylation is 4. The molecule has 0 aliphatic carbocycles. The van der Waals surface area contributed by atoms with Gasteiger partial charge in [0.1, 0.15) is 5.82 Å². The molecule has 23 heavy (non-hydrogen) atoms. The van der Waals surface area contributed by atoms with Crippen molar-refractivity contribution in [1.29, 1.82) is 0 Å². The highest BCUT2D eigenvalue weighted by Crippen LogP contribution is 2.22. The Bertz CT molecular complexity index is 856.